The number of imidazole rings is 1. The largest absolute Gasteiger partial charge is 1.00 e. The quantitative estimate of drug-likeness (QED) is 0.244. The van der Waals surface area contributed by atoms with Crippen LogP contribution in [-0.4, -0.2) is 4.57 Å². The van der Waals surface area contributed by atoms with Crippen molar-refractivity contribution in [3.05, 3.63) is 18.7 Å². The second kappa shape index (κ2) is 13.0. The van der Waals surface area contributed by atoms with Crippen LogP contribution in [0.25, 0.3) is 0 Å². The second-order valence-electron chi connectivity index (χ2n) is 5.38. The number of aryl methyl sites for hydroxylation is 2. The summed E-state index contributed by atoms with van der Waals surface area (Å²) in [4.78, 5) is 0. The molecule has 114 valence electrons. The van der Waals surface area contributed by atoms with E-state index < -0.39 is 0 Å². The fourth-order valence-electron chi connectivity index (χ4n) is 2.34. The Morgan fingerprint density at radius 2 is 1.42 bits per heavy atom. The Labute approximate surface area is 135 Å². The van der Waals surface area contributed by atoms with Crippen molar-refractivity contribution in [2.24, 2.45) is 7.05 Å². The summed E-state index contributed by atoms with van der Waals surface area (Å²) in [6.07, 6.45) is 21.4. The molecule has 0 aliphatic heterocycles. The molecule has 0 aliphatic carbocycles. The molecule has 0 aromatic carbocycles. The van der Waals surface area contributed by atoms with Crippen molar-refractivity contribution in [2.75, 3.05) is 0 Å². The molecule has 1 heterocycles. The van der Waals surface area contributed by atoms with Gasteiger partial charge in [-0.05, 0) is 25.2 Å². The van der Waals surface area contributed by atoms with Gasteiger partial charge in [0.15, 0.2) is 0 Å². The van der Waals surface area contributed by atoms with E-state index in [1.165, 1.54) is 64.2 Å². The Kier molecular flexibility index (Phi) is 12.9. The number of aromatic nitrogens is 2. The van der Waals surface area contributed by atoms with Gasteiger partial charge in [-0.2, -0.15) is 0 Å². The van der Waals surface area contributed by atoms with Gasteiger partial charge in [0.25, 0.3) is 0 Å². The molecule has 2 nitrogen and oxygen atoms in total. The Hall–Kier alpha value is -0.0497. The van der Waals surface area contributed by atoms with Crippen LogP contribution in [0.4, 0.5) is 0 Å². The maximum Gasteiger partial charge on any atom is 1.00 e. The van der Waals surface area contributed by atoms with Gasteiger partial charge in [-0.15, -0.1) is 0 Å². The van der Waals surface area contributed by atoms with E-state index in [1.807, 2.05) is 11.6 Å². The predicted octanol–water partition coefficient (Wildman–Crippen LogP) is 4.03. The van der Waals surface area contributed by atoms with Crippen LogP contribution in [0, 0.1) is 6.33 Å². The zero-order valence-corrected chi connectivity index (χ0v) is 14.1. The zero-order valence-electron chi connectivity index (χ0n) is 12.6. The molecule has 0 fully saturated rings. The molecule has 0 amide bonds. The fourth-order valence-corrected chi connectivity index (χ4v) is 2.34. The Morgan fingerprint density at radius 1 is 0.895 bits per heavy atom. The van der Waals surface area contributed by atoms with E-state index in [2.05, 4.69) is 30.2 Å². The molecule has 0 radical (unpaired) electrons. The van der Waals surface area contributed by atoms with Crippen molar-refractivity contribution in [3.63, 3.8) is 0 Å². The van der Waals surface area contributed by atoms with Crippen molar-refractivity contribution >= 4 is 0 Å². The van der Waals surface area contributed by atoms with E-state index in [4.69, 9.17) is 0 Å². The molecular formula is C16H30AgN2+. The van der Waals surface area contributed by atoms with E-state index in [-0.39, 0.29) is 22.4 Å². The molecule has 0 spiro atoms. The third-order valence-electron chi connectivity index (χ3n) is 3.51. The van der Waals surface area contributed by atoms with Gasteiger partial charge in [0.2, 0.25) is 6.33 Å². The summed E-state index contributed by atoms with van der Waals surface area (Å²) in [6.45, 7) is 3.40. The van der Waals surface area contributed by atoms with E-state index in [0.717, 1.165) is 6.54 Å². The van der Waals surface area contributed by atoms with Gasteiger partial charge in [0.05, 0.1) is 13.6 Å². The first-order valence-electron chi connectivity index (χ1n) is 7.77. The maximum atomic E-state index is 3.24. The smallest absolute Gasteiger partial charge is 0.354 e. The molecule has 19 heavy (non-hydrogen) atoms. The molecular weight excluding hydrogens is 328 g/mol. The molecule has 1 rings (SSSR count). The van der Waals surface area contributed by atoms with E-state index in [1.54, 1.807) is 0 Å². The van der Waals surface area contributed by atoms with Gasteiger partial charge in [0, 0.05) is 0 Å². The van der Waals surface area contributed by atoms with Crippen LogP contribution < -0.4 is 4.57 Å². The van der Waals surface area contributed by atoms with E-state index in [0.29, 0.717) is 0 Å². The van der Waals surface area contributed by atoms with Gasteiger partial charge in [-0.3, -0.25) is 0 Å². The first-order chi connectivity index (χ1) is 8.83. The first kappa shape index (κ1) is 19.0. The van der Waals surface area contributed by atoms with Crippen molar-refractivity contribution in [3.8, 4) is 0 Å². The van der Waals surface area contributed by atoms with E-state index in [9.17, 15) is 0 Å². The monoisotopic (exact) mass is 357 g/mol. The summed E-state index contributed by atoms with van der Waals surface area (Å²) >= 11 is 0. The second-order valence-corrected chi connectivity index (χ2v) is 5.38. The normalized spacial score (nSPS) is 10.4. The van der Waals surface area contributed by atoms with Gasteiger partial charge in [-0.1, -0.05) is 58.3 Å². The van der Waals surface area contributed by atoms with Gasteiger partial charge < -0.3 is 9.13 Å². The average molecular weight is 358 g/mol. The minimum atomic E-state index is 0. The summed E-state index contributed by atoms with van der Waals surface area (Å²) in [7, 11) is 2.02. The predicted molar refractivity (Wildman–Crippen MR) is 76.3 cm³/mol. The van der Waals surface area contributed by atoms with Crippen LogP contribution in [0.5, 0.6) is 0 Å². The molecule has 0 atom stereocenters. The average Bonchev–Trinajstić information content (AvgIpc) is 2.77. The number of hydrogen-bond donors (Lipinski definition) is 0. The summed E-state index contributed by atoms with van der Waals surface area (Å²) < 4.78 is 4.14. The summed E-state index contributed by atoms with van der Waals surface area (Å²) in [5.41, 5.74) is 0. The van der Waals surface area contributed by atoms with Crippen LogP contribution in [0.2, 0.25) is 0 Å². The first-order valence-corrected chi connectivity index (χ1v) is 7.77. The molecule has 0 saturated carbocycles. The summed E-state index contributed by atoms with van der Waals surface area (Å²) in [5.74, 6) is 0. The van der Waals surface area contributed by atoms with Gasteiger partial charge in [0.1, 0.15) is 0 Å². The molecule has 0 unspecified atom stereocenters. The molecule has 0 aliphatic rings. The number of nitrogens with zero attached hydrogens (tertiary/aromatic N) is 2. The van der Waals surface area contributed by atoms with Gasteiger partial charge >= 0.3 is 22.4 Å². The van der Waals surface area contributed by atoms with Crippen molar-refractivity contribution in [2.45, 2.75) is 77.7 Å². The molecule has 0 bridgehead atoms. The standard InChI is InChI=1S/C16H30N2.Ag/c1-3-4-5-6-7-8-9-10-11-12-13-18-15-14-17(2)16-18;/h14-15H,3-13H2,1-2H3;/q;+1. The van der Waals surface area contributed by atoms with Crippen LogP contribution in [-0.2, 0) is 36.0 Å². The summed E-state index contributed by atoms with van der Waals surface area (Å²) in [5, 5.41) is 0. The zero-order chi connectivity index (χ0) is 13.1. The van der Waals surface area contributed by atoms with Crippen LogP contribution in [0.15, 0.2) is 12.4 Å². The fraction of sp³-hybridized carbons (Fsp3) is 0.812. The minimum Gasteiger partial charge on any atom is -0.354 e. The Morgan fingerprint density at radius 3 is 1.89 bits per heavy atom. The van der Waals surface area contributed by atoms with Crippen LogP contribution in [0.3, 0.4) is 0 Å². The van der Waals surface area contributed by atoms with Crippen molar-refractivity contribution in [1.29, 1.82) is 0 Å². The van der Waals surface area contributed by atoms with E-state index >= 15 is 0 Å². The molecule has 1 aromatic rings. The minimum absolute atomic E-state index is 0. The van der Waals surface area contributed by atoms with Crippen molar-refractivity contribution < 1.29 is 26.9 Å². The Bertz CT molecular complexity index is 297. The van der Waals surface area contributed by atoms with Gasteiger partial charge in [-0.25, -0.2) is 0 Å². The summed E-state index contributed by atoms with van der Waals surface area (Å²) in [6, 6.07) is 0. The van der Waals surface area contributed by atoms with Crippen LogP contribution >= 0.6 is 0 Å². The number of hydrogen-bond acceptors (Lipinski definition) is 0. The van der Waals surface area contributed by atoms with Crippen molar-refractivity contribution in [1.82, 2.24) is 4.57 Å². The molecule has 1 aromatic heterocycles. The topological polar surface area (TPSA) is 8.81 Å². The number of unbranched alkanes of at least 4 members (excludes halogenated alkanes) is 9. The third-order valence-corrected chi connectivity index (χ3v) is 3.51. The third kappa shape index (κ3) is 10.4. The Balaban J connectivity index is 0.00000324. The molecule has 0 N–H and O–H groups in total. The SMILES string of the molecule is CCCCCCCCCCCC[n+]1[c-]n(C)cc1.[Ag+]. The van der Waals surface area contributed by atoms with Crippen LogP contribution in [0.1, 0.15) is 71.1 Å². The molecule has 3 heteroatoms. The maximum absolute atomic E-state index is 3.24. The molecule has 0 saturated heterocycles. The number of rotatable bonds is 11.